The highest BCUT2D eigenvalue weighted by atomic mass is 16.5. The van der Waals surface area contributed by atoms with Crippen molar-refractivity contribution in [1.29, 1.82) is 0 Å². The van der Waals surface area contributed by atoms with Crippen LogP contribution in [0.25, 0.3) is 11.1 Å². The standard InChI is InChI=1S/C24H32O4/c1-2-3-4-5-6-7-17-28-23-14-12-22(13-15-23)21-10-8-20(9-11-21)19-27-18-16-24(25)26/h8-15H,2-7,16-19H2,1H3,(H,25,26). The summed E-state index contributed by atoms with van der Waals surface area (Å²) in [5.41, 5.74) is 3.31. The van der Waals surface area contributed by atoms with Crippen LogP contribution in [0.2, 0.25) is 0 Å². The van der Waals surface area contributed by atoms with E-state index in [-0.39, 0.29) is 13.0 Å². The summed E-state index contributed by atoms with van der Waals surface area (Å²) in [5, 5.41) is 8.60. The van der Waals surface area contributed by atoms with Crippen LogP contribution in [-0.2, 0) is 16.1 Å². The summed E-state index contributed by atoms with van der Waals surface area (Å²) in [6.45, 7) is 3.68. The molecule has 4 nitrogen and oxygen atoms in total. The Morgan fingerprint density at radius 3 is 2.07 bits per heavy atom. The molecule has 4 heteroatoms. The fourth-order valence-electron chi connectivity index (χ4n) is 2.96. The van der Waals surface area contributed by atoms with E-state index in [1.807, 2.05) is 24.3 Å². The molecule has 0 saturated heterocycles. The Balaban J connectivity index is 1.72. The SMILES string of the molecule is CCCCCCCCOc1ccc(-c2ccc(COCCC(=O)O)cc2)cc1. The molecule has 0 atom stereocenters. The number of ether oxygens (including phenoxy) is 2. The van der Waals surface area contributed by atoms with Crippen LogP contribution in [0.15, 0.2) is 48.5 Å². The first kappa shape index (κ1) is 22.0. The summed E-state index contributed by atoms with van der Waals surface area (Å²) < 4.78 is 11.2. The van der Waals surface area contributed by atoms with Crippen molar-refractivity contribution < 1.29 is 19.4 Å². The van der Waals surface area contributed by atoms with Gasteiger partial charge >= 0.3 is 5.97 Å². The smallest absolute Gasteiger partial charge is 0.305 e. The van der Waals surface area contributed by atoms with Gasteiger partial charge in [0.1, 0.15) is 5.75 Å². The van der Waals surface area contributed by atoms with Gasteiger partial charge in [-0.3, -0.25) is 4.79 Å². The number of carbonyl (C=O) groups is 1. The third-order valence-electron chi connectivity index (χ3n) is 4.64. The Hall–Kier alpha value is -2.33. The number of hydrogen-bond acceptors (Lipinski definition) is 3. The zero-order valence-electron chi connectivity index (χ0n) is 16.9. The van der Waals surface area contributed by atoms with Crippen molar-refractivity contribution in [3.63, 3.8) is 0 Å². The van der Waals surface area contributed by atoms with Gasteiger partial charge in [0, 0.05) is 0 Å². The van der Waals surface area contributed by atoms with Crippen molar-refractivity contribution >= 4 is 5.97 Å². The van der Waals surface area contributed by atoms with Gasteiger partial charge in [-0.25, -0.2) is 0 Å². The van der Waals surface area contributed by atoms with Gasteiger partial charge in [0.2, 0.25) is 0 Å². The Labute approximate surface area is 168 Å². The molecule has 0 aromatic heterocycles. The second kappa shape index (κ2) is 12.9. The van der Waals surface area contributed by atoms with Crippen molar-refractivity contribution in [3.05, 3.63) is 54.1 Å². The summed E-state index contributed by atoms with van der Waals surface area (Å²) in [5.74, 6) is 0.0792. The minimum atomic E-state index is -0.838. The molecular formula is C24H32O4. The predicted molar refractivity (Wildman–Crippen MR) is 113 cm³/mol. The molecule has 1 N–H and O–H groups in total. The van der Waals surface area contributed by atoms with E-state index in [9.17, 15) is 4.79 Å². The maximum Gasteiger partial charge on any atom is 0.305 e. The van der Waals surface area contributed by atoms with Crippen molar-refractivity contribution in [2.75, 3.05) is 13.2 Å². The van der Waals surface area contributed by atoms with E-state index in [1.54, 1.807) is 0 Å². The van der Waals surface area contributed by atoms with Crippen LogP contribution in [-0.4, -0.2) is 24.3 Å². The third-order valence-corrected chi connectivity index (χ3v) is 4.64. The predicted octanol–water partition coefficient (Wildman–Crippen LogP) is 6.08. The average Bonchev–Trinajstić information content (AvgIpc) is 2.71. The minimum absolute atomic E-state index is 0.0331. The van der Waals surface area contributed by atoms with Gasteiger partial charge in [0.25, 0.3) is 0 Å². The van der Waals surface area contributed by atoms with Crippen molar-refractivity contribution in [1.82, 2.24) is 0 Å². The largest absolute Gasteiger partial charge is 0.494 e. The Morgan fingerprint density at radius 2 is 1.43 bits per heavy atom. The van der Waals surface area contributed by atoms with E-state index in [0.29, 0.717) is 6.61 Å². The maximum atomic E-state index is 10.5. The van der Waals surface area contributed by atoms with Crippen molar-refractivity contribution in [2.45, 2.75) is 58.5 Å². The number of aliphatic carboxylic acids is 1. The summed E-state index contributed by atoms with van der Waals surface area (Å²) in [6, 6.07) is 16.3. The van der Waals surface area contributed by atoms with Crippen molar-refractivity contribution in [2.24, 2.45) is 0 Å². The van der Waals surface area contributed by atoms with Crippen LogP contribution in [0, 0.1) is 0 Å². The highest BCUT2D eigenvalue weighted by Crippen LogP contribution is 2.23. The van der Waals surface area contributed by atoms with Crippen LogP contribution >= 0.6 is 0 Å². The Kier molecular flexibility index (Phi) is 10.2. The summed E-state index contributed by atoms with van der Waals surface area (Å²) in [7, 11) is 0. The number of benzene rings is 2. The number of unbranched alkanes of at least 4 members (excludes halogenated alkanes) is 5. The molecule has 0 spiro atoms. The Bertz CT molecular complexity index is 677. The molecule has 2 aromatic carbocycles. The molecule has 0 aliphatic rings. The number of rotatable bonds is 14. The second-order valence-electron chi connectivity index (χ2n) is 7.03. The highest BCUT2D eigenvalue weighted by molar-refractivity contribution is 5.66. The van der Waals surface area contributed by atoms with Gasteiger partial charge in [0.05, 0.1) is 26.2 Å². The fourth-order valence-corrected chi connectivity index (χ4v) is 2.96. The van der Waals surface area contributed by atoms with E-state index in [2.05, 4.69) is 31.2 Å². The topological polar surface area (TPSA) is 55.8 Å². The quantitative estimate of drug-likeness (QED) is 0.401. The van der Waals surface area contributed by atoms with E-state index in [4.69, 9.17) is 14.6 Å². The van der Waals surface area contributed by atoms with E-state index < -0.39 is 5.97 Å². The molecule has 2 rings (SSSR count). The lowest BCUT2D eigenvalue weighted by Crippen LogP contribution is -2.02. The first-order valence-corrected chi connectivity index (χ1v) is 10.3. The molecule has 0 unspecified atom stereocenters. The van der Waals surface area contributed by atoms with Crippen molar-refractivity contribution in [3.8, 4) is 16.9 Å². The zero-order valence-corrected chi connectivity index (χ0v) is 16.9. The molecular weight excluding hydrogens is 352 g/mol. The maximum absolute atomic E-state index is 10.5. The number of carboxylic acids is 1. The number of hydrogen-bond donors (Lipinski definition) is 1. The van der Waals surface area contributed by atoms with E-state index in [1.165, 1.54) is 32.1 Å². The number of carboxylic acid groups (broad SMARTS) is 1. The second-order valence-corrected chi connectivity index (χ2v) is 7.03. The average molecular weight is 385 g/mol. The van der Waals surface area contributed by atoms with Gasteiger partial charge in [-0.2, -0.15) is 0 Å². The molecule has 152 valence electrons. The molecule has 0 fully saturated rings. The molecule has 0 heterocycles. The zero-order chi connectivity index (χ0) is 20.0. The first-order chi connectivity index (χ1) is 13.7. The van der Waals surface area contributed by atoms with Gasteiger partial charge in [-0.15, -0.1) is 0 Å². The van der Waals surface area contributed by atoms with Crippen LogP contribution in [0.1, 0.15) is 57.4 Å². The molecule has 0 bridgehead atoms. The van der Waals surface area contributed by atoms with Gasteiger partial charge in [0.15, 0.2) is 0 Å². The molecule has 2 aromatic rings. The Morgan fingerprint density at radius 1 is 0.821 bits per heavy atom. The monoisotopic (exact) mass is 384 g/mol. The van der Waals surface area contributed by atoms with Gasteiger partial charge in [-0.05, 0) is 35.2 Å². The molecule has 0 radical (unpaired) electrons. The highest BCUT2D eigenvalue weighted by Gasteiger charge is 2.01. The normalized spacial score (nSPS) is 10.8. The van der Waals surface area contributed by atoms with Crippen LogP contribution in [0.5, 0.6) is 5.75 Å². The fraction of sp³-hybridized carbons (Fsp3) is 0.458. The van der Waals surface area contributed by atoms with E-state index >= 15 is 0 Å². The summed E-state index contributed by atoms with van der Waals surface area (Å²) in [4.78, 5) is 10.5. The first-order valence-electron chi connectivity index (χ1n) is 10.3. The third kappa shape index (κ3) is 8.57. The molecule has 0 aliphatic heterocycles. The summed E-state index contributed by atoms with van der Waals surface area (Å²) in [6.07, 6.45) is 7.64. The van der Waals surface area contributed by atoms with Crippen LogP contribution in [0.4, 0.5) is 0 Å². The lowest BCUT2D eigenvalue weighted by Gasteiger charge is -2.08. The molecule has 0 saturated carbocycles. The molecule has 0 amide bonds. The summed E-state index contributed by atoms with van der Waals surface area (Å²) >= 11 is 0. The minimum Gasteiger partial charge on any atom is -0.494 e. The van der Waals surface area contributed by atoms with Crippen LogP contribution in [0.3, 0.4) is 0 Å². The molecule has 0 aliphatic carbocycles. The molecule has 28 heavy (non-hydrogen) atoms. The van der Waals surface area contributed by atoms with Gasteiger partial charge in [-0.1, -0.05) is 75.4 Å². The lowest BCUT2D eigenvalue weighted by atomic mass is 10.0. The van der Waals surface area contributed by atoms with Gasteiger partial charge < -0.3 is 14.6 Å². The van der Waals surface area contributed by atoms with E-state index in [0.717, 1.165) is 35.5 Å². The van der Waals surface area contributed by atoms with Crippen LogP contribution < -0.4 is 4.74 Å². The lowest BCUT2D eigenvalue weighted by molar-refractivity contribution is -0.138.